The number of ether oxygens (including phenoxy) is 1. The number of benzene rings is 2. The first-order valence-electron chi connectivity index (χ1n) is 8.77. The predicted octanol–water partition coefficient (Wildman–Crippen LogP) is 3.68. The fraction of sp³-hybridized carbons (Fsp3) is 0.211. The maximum atomic E-state index is 12.2. The number of hydrogen-bond acceptors (Lipinski definition) is 7. The van der Waals surface area contributed by atoms with Gasteiger partial charge in [0.2, 0.25) is 11.1 Å². The number of nitro benzene ring substituents is 1. The van der Waals surface area contributed by atoms with Crippen LogP contribution in [0.3, 0.4) is 0 Å². The normalized spacial score (nSPS) is 10.6. The Hall–Kier alpha value is -3.40. The van der Waals surface area contributed by atoms with E-state index in [1.54, 1.807) is 6.07 Å². The molecule has 0 aliphatic heterocycles. The zero-order valence-corrected chi connectivity index (χ0v) is 16.7. The Balaban J connectivity index is 1.61. The molecule has 0 fully saturated rings. The van der Waals surface area contributed by atoms with Crippen LogP contribution in [0.25, 0.3) is 11.4 Å². The minimum absolute atomic E-state index is 0.00918. The molecule has 1 aromatic heterocycles. The molecule has 0 spiro atoms. The van der Waals surface area contributed by atoms with Crippen LogP contribution in [-0.4, -0.2) is 38.9 Å². The molecule has 0 saturated heterocycles. The minimum atomic E-state index is -0.573. The molecular formula is C19H19N5O4S. The van der Waals surface area contributed by atoms with Crippen LogP contribution >= 0.6 is 11.8 Å². The standard InChI is InChI=1S/C19H19N5O4S/c1-3-12-4-6-13(7-5-12)18-21-19(23-22-18)29-11-17(25)20-15-9-8-14(28-2)10-16(15)24(26)27/h4-10H,3,11H2,1-2H3,(H,20,25)(H,21,22,23). The second-order valence-electron chi connectivity index (χ2n) is 5.99. The molecule has 0 unspecified atom stereocenters. The fourth-order valence-corrected chi connectivity index (χ4v) is 3.15. The van der Waals surface area contributed by atoms with Crippen LogP contribution in [0.5, 0.6) is 5.75 Å². The van der Waals surface area contributed by atoms with Gasteiger partial charge in [-0.1, -0.05) is 43.0 Å². The number of nitrogens with one attached hydrogen (secondary N) is 2. The second kappa shape index (κ2) is 9.20. The average molecular weight is 413 g/mol. The highest BCUT2D eigenvalue weighted by atomic mass is 32.2. The van der Waals surface area contributed by atoms with Crippen molar-refractivity contribution in [3.63, 3.8) is 0 Å². The highest BCUT2D eigenvalue weighted by Crippen LogP contribution is 2.29. The number of nitrogens with zero attached hydrogens (tertiary/aromatic N) is 3. The summed E-state index contributed by atoms with van der Waals surface area (Å²) in [4.78, 5) is 27.2. The first kappa shape index (κ1) is 20.3. The van der Waals surface area contributed by atoms with E-state index in [0.29, 0.717) is 16.7 Å². The van der Waals surface area contributed by atoms with Crippen LogP contribution in [0.4, 0.5) is 11.4 Å². The van der Waals surface area contributed by atoms with E-state index >= 15 is 0 Å². The Labute approximate surface area is 171 Å². The Morgan fingerprint density at radius 1 is 1.28 bits per heavy atom. The molecule has 10 heteroatoms. The van der Waals surface area contributed by atoms with Gasteiger partial charge in [-0.3, -0.25) is 20.0 Å². The lowest BCUT2D eigenvalue weighted by atomic mass is 10.1. The Kier molecular flexibility index (Phi) is 6.45. The number of hydrogen-bond donors (Lipinski definition) is 2. The number of H-pyrrole nitrogens is 1. The summed E-state index contributed by atoms with van der Waals surface area (Å²) >= 11 is 1.13. The number of aryl methyl sites for hydroxylation is 1. The van der Waals surface area contributed by atoms with Crippen molar-refractivity contribution in [3.05, 3.63) is 58.1 Å². The molecule has 0 atom stereocenters. The number of anilines is 1. The summed E-state index contributed by atoms with van der Waals surface area (Å²) in [5.41, 5.74) is 2.00. The van der Waals surface area contributed by atoms with Gasteiger partial charge in [-0.15, -0.1) is 5.10 Å². The van der Waals surface area contributed by atoms with Crippen molar-refractivity contribution in [1.82, 2.24) is 15.2 Å². The zero-order chi connectivity index (χ0) is 20.8. The van der Waals surface area contributed by atoms with Gasteiger partial charge in [-0.25, -0.2) is 4.98 Å². The summed E-state index contributed by atoms with van der Waals surface area (Å²) in [5.74, 6) is 0.558. The van der Waals surface area contributed by atoms with Crippen LogP contribution in [0.15, 0.2) is 47.6 Å². The number of carbonyl (C=O) groups is 1. The summed E-state index contributed by atoms with van der Waals surface area (Å²) in [6.45, 7) is 2.09. The maximum Gasteiger partial charge on any atom is 0.296 e. The van der Waals surface area contributed by atoms with Gasteiger partial charge in [-0.2, -0.15) is 0 Å². The van der Waals surface area contributed by atoms with Crippen LogP contribution in [0, 0.1) is 10.1 Å². The van der Waals surface area contributed by atoms with Crippen molar-refractivity contribution in [2.24, 2.45) is 0 Å². The third kappa shape index (κ3) is 5.11. The van der Waals surface area contributed by atoms with Crippen molar-refractivity contribution in [3.8, 4) is 17.1 Å². The van der Waals surface area contributed by atoms with Gasteiger partial charge in [0, 0.05) is 5.56 Å². The lowest BCUT2D eigenvalue weighted by molar-refractivity contribution is -0.384. The number of aromatic nitrogens is 3. The van der Waals surface area contributed by atoms with Gasteiger partial charge < -0.3 is 10.1 Å². The van der Waals surface area contributed by atoms with Gasteiger partial charge in [-0.05, 0) is 24.1 Å². The number of thioether (sulfide) groups is 1. The SMILES string of the molecule is CCc1ccc(-c2nc(SCC(=O)Nc3ccc(OC)cc3[N+](=O)[O-])n[nH]2)cc1. The summed E-state index contributed by atoms with van der Waals surface area (Å²) in [5, 5.41) is 21.1. The van der Waals surface area contributed by atoms with Crippen molar-refractivity contribution in [1.29, 1.82) is 0 Å². The third-order valence-corrected chi connectivity index (χ3v) is 4.96. The average Bonchev–Trinajstić information content (AvgIpc) is 3.21. The number of methoxy groups -OCH3 is 1. The molecule has 29 heavy (non-hydrogen) atoms. The summed E-state index contributed by atoms with van der Waals surface area (Å²) in [6, 6.07) is 12.2. The first-order valence-corrected chi connectivity index (χ1v) is 9.75. The largest absolute Gasteiger partial charge is 0.496 e. The molecule has 3 rings (SSSR count). The van der Waals surface area contributed by atoms with E-state index in [1.807, 2.05) is 24.3 Å². The molecule has 0 aliphatic rings. The van der Waals surface area contributed by atoms with E-state index in [4.69, 9.17) is 4.74 Å². The number of amides is 1. The molecule has 0 bridgehead atoms. The quantitative estimate of drug-likeness (QED) is 0.328. The minimum Gasteiger partial charge on any atom is -0.496 e. The second-order valence-corrected chi connectivity index (χ2v) is 6.94. The highest BCUT2D eigenvalue weighted by molar-refractivity contribution is 7.99. The lowest BCUT2D eigenvalue weighted by Gasteiger charge is -2.06. The number of aromatic amines is 1. The third-order valence-electron chi connectivity index (χ3n) is 4.11. The Morgan fingerprint density at radius 2 is 2.03 bits per heavy atom. The van der Waals surface area contributed by atoms with E-state index in [0.717, 1.165) is 23.7 Å². The molecule has 150 valence electrons. The van der Waals surface area contributed by atoms with Gasteiger partial charge in [0.15, 0.2) is 5.82 Å². The molecule has 2 N–H and O–H groups in total. The number of nitro groups is 1. The molecular weight excluding hydrogens is 394 g/mol. The van der Waals surface area contributed by atoms with Gasteiger partial charge in [0.1, 0.15) is 11.4 Å². The Bertz CT molecular complexity index is 1020. The zero-order valence-electron chi connectivity index (χ0n) is 15.8. The predicted molar refractivity (Wildman–Crippen MR) is 110 cm³/mol. The van der Waals surface area contributed by atoms with Gasteiger partial charge in [0.05, 0.1) is 23.9 Å². The molecule has 2 aromatic carbocycles. The molecule has 1 heterocycles. The highest BCUT2D eigenvalue weighted by Gasteiger charge is 2.18. The molecule has 3 aromatic rings. The van der Waals surface area contributed by atoms with Crippen LogP contribution < -0.4 is 10.1 Å². The smallest absolute Gasteiger partial charge is 0.296 e. The number of carbonyl (C=O) groups excluding carboxylic acids is 1. The van der Waals surface area contributed by atoms with E-state index < -0.39 is 10.8 Å². The first-order chi connectivity index (χ1) is 14.0. The Morgan fingerprint density at radius 3 is 2.69 bits per heavy atom. The summed E-state index contributed by atoms with van der Waals surface area (Å²) in [6.07, 6.45) is 0.958. The summed E-state index contributed by atoms with van der Waals surface area (Å²) < 4.78 is 4.98. The van der Waals surface area contributed by atoms with Crippen molar-refractivity contribution in [2.75, 3.05) is 18.2 Å². The van der Waals surface area contributed by atoms with Gasteiger partial charge in [0.25, 0.3) is 5.69 Å². The van der Waals surface area contributed by atoms with Crippen molar-refractivity contribution >= 4 is 29.0 Å². The van der Waals surface area contributed by atoms with Crippen LogP contribution in [0.1, 0.15) is 12.5 Å². The molecule has 1 amide bonds. The lowest BCUT2D eigenvalue weighted by Crippen LogP contribution is -2.15. The van der Waals surface area contributed by atoms with Crippen LogP contribution in [0.2, 0.25) is 0 Å². The molecule has 0 radical (unpaired) electrons. The van der Waals surface area contributed by atoms with E-state index in [2.05, 4.69) is 27.4 Å². The van der Waals surface area contributed by atoms with E-state index in [-0.39, 0.29) is 17.1 Å². The molecule has 0 saturated carbocycles. The van der Waals surface area contributed by atoms with Gasteiger partial charge >= 0.3 is 0 Å². The monoisotopic (exact) mass is 413 g/mol. The molecule has 0 aliphatic carbocycles. The molecule has 9 nitrogen and oxygen atoms in total. The van der Waals surface area contributed by atoms with Crippen molar-refractivity contribution in [2.45, 2.75) is 18.5 Å². The fourth-order valence-electron chi connectivity index (χ4n) is 2.55. The van der Waals surface area contributed by atoms with E-state index in [1.165, 1.54) is 24.8 Å². The van der Waals surface area contributed by atoms with Crippen LogP contribution in [-0.2, 0) is 11.2 Å². The number of rotatable bonds is 8. The topological polar surface area (TPSA) is 123 Å². The van der Waals surface area contributed by atoms with Crippen molar-refractivity contribution < 1.29 is 14.5 Å². The summed E-state index contributed by atoms with van der Waals surface area (Å²) in [7, 11) is 1.41. The van der Waals surface area contributed by atoms with E-state index in [9.17, 15) is 14.9 Å². The maximum absolute atomic E-state index is 12.2.